The minimum absolute atomic E-state index is 0.234. The Morgan fingerprint density at radius 3 is 2.40 bits per heavy atom. The standard InChI is InChI=1S/C16H17BrN2S/c1-10-9-14(7-8-15(10)16(18)20)19-11(2)12-3-5-13(17)6-4-12/h3-9,11,19H,1-2H3,(H2,18,20). The quantitative estimate of drug-likeness (QED) is 0.795. The maximum Gasteiger partial charge on any atom is 0.104 e. The van der Waals surface area contributed by atoms with Gasteiger partial charge in [-0.05, 0) is 55.3 Å². The lowest BCUT2D eigenvalue weighted by Gasteiger charge is -2.17. The van der Waals surface area contributed by atoms with Crippen molar-refractivity contribution in [3.05, 3.63) is 63.6 Å². The van der Waals surface area contributed by atoms with Gasteiger partial charge >= 0.3 is 0 Å². The van der Waals surface area contributed by atoms with Crippen LogP contribution in [0.1, 0.15) is 29.7 Å². The first-order valence-electron chi connectivity index (χ1n) is 6.40. The van der Waals surface area contributed by atoms with Crippen molar-refractivity contribution in [1.29, 1.82) is 0 Å². The maximum absolute atomic E-state index is 5.68. The van der Waals surface area contributed by atoms with E-state index in [9.17, 15) is 0 Å². The maximum atomic E-state index is 5.68. The molecule has 2 aromatic rings. The number of hydrogen-bond donors (Lipinski definition) is 2. The Hall–Kier alpha value is -1.39. The molecule has 2 aromatic carbocycles. The Morgan fingerprint density at radius 1 is 1.20 bits per heavy atom. The predicted octanol–water partition coefficient (Wildman–Crippen LogP) is 4.56. The van der Waals surface area contributed by atoms with Gasteiger partial charge in [-0.25, -0.2) is 0 Å². The van der Waals surface area contributed by atoms with Crippen molar-refractivity contribution < 1.29 is 0 Å². The second-order valence-corrected chi connectivity index (χ2v) is 6.17. The molecule has 20 heavy (non-hydrogen) atoms. The van der Waals surface area contributed by atoms with Gasteiger partial charge in [0, 0.05) is 21.8 Å². The van der Waals surface area contributed by atoms with Crippen LogP contribution in [0.2, 0.25) is 0 Å². The number of rotatable bonds is 4. The molecule has 1 unspecified atom stereocenters. The van der Waals surface area contributed by atoms with Crippen LogP contribution in [0.5, 0.6) is 0 Å². The molecule has 0 bridgehead atoms. The molecule has 1 atom stereocenters. The second kappa shape index (κ2) is 6.37. The smallest absolute Gasteiger partial charge is 0.104 e. The molecule has 2 rings (SSSR count). The Kier molecular flexibility index (Phi) is 4.78. The average Bonchev–Trinajstić information content (AvgIpc) is 2.39. The van der Waals surface area contributed by atoms with Gasteiger partial charge in [0.25, 0.3) is 0 Å². The number of thiocarbonyl (C=S) groups is 1. The van der Waals surface area contributed by atoms with Crippen LogP contribution in [0, 0.1) is 6.92 Å². The number of nitrogens with one attached hydrogen (secondary N) is 1. The number of nitrogens with two attached hydrogens (primary N) is 1. The summed E-state index contributed by atoms with van der Waals surface area (Å²) in [6.07, 6.45) is 0. The molecule has 0 aliphatic rings. The van der Waals surface area contributed by atoms with E-state index in [0.717, 1.165) is 21.3 Å². The highest BCUT2D eigenvalue weighted by atomic mass is 79.9. The van der Waals surface area contributed by atoms with Crippen LogP contribution in [-0.2, 0) is 0 Å². The molecule has 3 N–H and O–H groups in total. The zero-order valence-electron chi connectivity index (χ0n) is 11.5. The van der Waals surface area contributed by atoms with Gasteiger partial charge in [-0.3, -0.25) is 0 Å². The normalized spacial score (nSPS) is 11.9. The van der Waals surface area contributed by atoms with Gasteiger partial charge in [-0.1, -0.05) is 40.3 Å². The number of hydrogen-bond acceptors (Lipinski definition) is 2. The molecule has 0 saturated carbocycles. The van der Waals surface area contributed by atoms with E-state index in [1.807, 2.05) is 19.1 Å². The summed E-state index contributed by atoms with van der Waals surface area (Å²) < 4.78 is 1.09. The van der Waals surface area contributed by atoms with Crippen molar-refractivity contribution >= 4 is 38.8 Å². The molecule has 0 spiro atoms. The lowest BCUT2D eigenvalue weighted by Crippen LogP contribution is -2.12. The summed E-state index contributed by atoms with van der Waals surface area (Å²) in [6.45, 7) is 4.16. The molecule has 4 heteroatoms. The third-order valence-corrected chi connectivity index (χ3v) is 3.99. The van der Waals surface area contributed by atoms with Gasteiger partial charge in [0.15, 0.2) is 0 Å². The number of halogens is 1. The Bertz CT molecular complexity index is 623. The van der Waals surface area contributed by atoms with Crippen molar-refractivity contribution in [2.75, 3.05) is 5.32 Å². The summed E-state index contributed by atoms with van der Waals surface area (Å²) in [5.41, 5.74) is 10.0. The molecule has 104 valence electrons. The van der Waals surface area contributed by atoms with Crippen LogP contribution in [0.4, 0.5) is 5.69 Å². The van der Waals surface area contributed by atoms with Gasteiger partial charge < -0.3 is 11.1 Å². The highest BCUT2D eigenvalue weighted by Gasteiger charge is 2.07. The van der Waals surface area contributed by atoms with Gasteiger partial charge in [0.05, 0.1) is 0 Å². The molecular weight excluding hydrogens is 332 g/mol. The van der Waals surface area contributed by atoms with Gasteiger partial charge in [0.2, 0.25) is 0 Å². The minimum atomic E-state index is 0.234. The van der Waals surface area contributed by atoms with Crippen molar-refractivity contribution in [3.8, 4) is 0 Å². The summed E-state index contributed by atoms with van der Waals surface area (Å²) in [4.78, 5) is 0.440. The number of anilines is 1. The zero-order chi connectivity index (χ0) is 14.7. The van der Waals surface area contributed by atoms with Crippen LogP contribution in [0.15, 0.2) is 46.9 Å². The third-order valence-electron chi connectivity index (χ3n) is 3.25. The van der Waals surface area contributed by atoms with Gasteiger partial charge in [-0.2, -0.15) is 0 Å². The monoisotopic (exact) mass is 348 g/mol. The Labute approximate surface area is 133 Å². The van der Waals surface area contributed by atoms with E-state index in [2.05, 4.69) is 58.5 Å². The zero-order valence-corrected chi connectivity index (χ0v) is 13.9. The average molecular weight is 349 g/mol. The lowest BCUT2D eigenvalue weighted by atomic mass is 10.1. The van der Waals surface area contributed by atoms with Crippen LogP contribution in [0.25, 0.3) is 0 Å². The van der Waals surface area contributed by atoms with Crippen molar-refractivity contribution in [3.63, 3.8) is 0 Å². The molecule has 0 aliphatic carbocycles. The summed E-state index contributed by atoms with van der Waals surface area (Å²) in [5.74, 6) is 0. The van der Waals surface area contributed by atoms with Crippen molar-refractivity contribution in [1.82, 2.24) is 0 Å². The molecule has 0 fully saturated rings. The molecule has 0 aromatic heterocycles. The topological polar surface area (TPSA) is 38.0 Å². The first kappa shape index (κ1) is 15.0. The van der Waals surface area contributed by atoms with Crippen LogP contribution < -0.4 is 11.1 Å². The molecule has 0 amide bonds. The molecule has 0 aliphatic heterocycles. The Balaban J connectivity index is 2.15. The Morgan fingerprint density at radius 2 is 1.85 bits per heavy atom. The second-order valence-electron chi connectivity index (χ2n) is 4.81. The molecule has 0 radical (unpaired) electrons. The van der Waals surface area contributed by atoms with E-state index in [0.29, 0.717) is 4.99 Å². The highest BCUT2D eigenvalue weighted by molar-refractivity contribution is 9.10. The highest BCUT2D eigenvalue weighted by Crippen LogP contribution is 2.22. The summed E-state index contributed by atoms with van der Waals surface area (Å²) in [5, 5.41) is 3.49. The first-order chi connectivity index (χ1) is 9.47. The fourth-order valence-electron chi connectivity index (χ4n) is 2.11. The predicted molar refractivity (Wildman–Crippen MR) is 93.2 cm³/mol. The van der Waals surface area contributed by atoms with Crippen molar-refractivity contribution in [2.24, 2.45) is 5.73 Å². The molecule has 2 nitrogen and oxygen atoms in total. The number of aryl methyl sites for hydroxylation is 1. The summed E-state index contributed by atoms with van der Waals surface area (Å²) in [7, 11) is 0. The number of benzene rings is 2. The molecule has 0 heterocycles. The largest absolute Gasteiger partial charge is 0.389 e. The van der Waals surface area contributed by atoms with E-state index in [1.54, 1.807) is 0 Å². The molecule has 0 saturated heterocycles. The molecular formula is C16H17BrN2S. The van der Waals surface area contributed by atoms with Gasteiger partial charge in [0.1, 0.15) is 4.99 Å². The van der Waals surface area contributed by atoms with E-state index < -0.39 is 0 Å². The fourth-order valence-corrected chi connectivity index (χ4v) is 2.61. The van der Waals surface area contributed by atoms with E-state index in [-0.39, 0.29) is 6.04 Å². The van der Waals surface area contributed by atoms with Crippen LogP contribution in [0.3, 0.4) is 0 Å². The third kappa shape index (κ3) is 3.58. The lowest BCUT2D eigenvalue weighted by molar-refractivity contribution is 0.884. The van der Waals surface area contributed by atoms with Gasteiger partial charge in [-0.15, -0.1) is 0 Å². The first-order valence-corrected chi connectivity index (χ1v) is 7.60. The van der Waals surface area contributed by atoms with E-state index in [1.165, 1.54) is 5.56 Å². The summed E-state index contributed by atoms with van der Waals surface area (Å²) in [6, 6.07) is 14.6. The van der Waals surface area contributed by atoms with Crippen LogP contribution in [-0.4, -0.2) is 4.99 Å². The van der Waals surface area contributed by atoms with Crippen molar-refractivity contribution in [2.45, 2.75) is 19.9 Å². The minimum Gasteiger partial charge on any atom is -0.389 e. The summed E-state index contributed by atoms with van der Waals surface area (Å²) >= 11 is 8.47. The van der Waals surface area contributed by atoms with Crippen LogP contribution >= 0.6 is 28.1 Å². The van der Waals surface area contributed by atoms with E-state index >= 15 is 0 Å². The fraction of sp³-hybridized carbons (Fsp3) is 0.188. The SMILES string of the molecule is Cc1cc(NC(C)c2ccc(Br)cc2)ccc1C(N)=S. The van der Waals surface area contributed by atoms with E-state index in [4.69, 9.17) is 18.0 Å².